The number of rotatable bonds is 4. The Labute approximate surface area is 143 Å². The van der Waals surface area contributed by atoms with Crippen molar-refractivity contribution in [3.8, 4) is 0 Å². The van der Waals surface area contributed by atoms with E-state index in [0.717, 1.165) is 0 Å². The van der Waals surface area contributed by atoms with Crippen LogP contribution in [0.4, 0.5) is 0 Å². The standard InChI is InChI=1S/C14H23NO10/c1-4-15-7-9(19)12(6(3-17)24-13(7)22-4)25-14-11(21)10(20)8(18)5(2-16)23-14/h5-14,16-21H,2-3H2,1H3/t5-,6-,7-,8-,9-,10+,11-,12-,13+,14+/m1/s1. The number of aliphatic hydroxyl groups excluding tert-OH is 6. The predicted molar refractivity (Wildman–Crippen MR) is 78.4 cm³/mol. The van der Waals surface area contributed by atoms with Crippen molar-refractivity contribution in [2.24, 2.45) is 4.99 Å². The molecule has 11 heteroatoms. The van der Waals surface area contributed by atoms with Crippen LogP contribution in [0.5, 0.6) is 0 Å². The summed E-state index contributed by atoms with van der Waals surface area (Å²) in [5.41, 5.74) is 0. The molecule has 3 rings (SSSR count). The molecule has 6 N–H and O–H groups in total. The number of nitrogens with zero attached hydrogens (tertiary/aromatic N) is 1. The summed E-state index contributed by atoms with van der Waals surface area (Å²) in [7, 11) is 0. The number of ether oxygens (including phenoxy) is 4. The topological polar surface area (TPSA) is 171 Å². The third-order valence-corrected chi connectivity index (χ3v) is 4.58. The lowest BCUT2D eigenvalue weighted by atomic mass is 9.96. The monoisotopic (exact) mass is 365 g/mol. The average molecular weight is 365 g/mol. The molecule has 0 amide bonds. The molecule has 3 aliphatic rings. The SMILES string of the molecule is CC1=N[C@H]2[C@@H](O1)O[C@H](CO)[C@@H](O[C@@H]1O[C@H](CO)[C@@H](O)[C@H](O)[C@H]1O)[C@@H]2O. The summed E-state index contributed by atoms with van der Waals surface area (Å²) >= 11 is 0. The van der Waals surface area contributed by atoms with Crippen LogP contribution in [0.1, 0.15) is 6.92 Å². The summed E-state index contributed by atoms with van der Waals surface area (Å²) in [4.78, 5) is 4.11. The van der Waals surface area contributed by atoms with Crippen molar-refractivity contribution in [3.05, 3.63) is 0 Å². The molecule has 2 fully saturated rings. The van der Waals surface area contributed by atoms with Crippen LogP contribution in [0.2, 0.25) is 0 Å². The summed E-state index contributed by atoms with van der Waals surface area (Å²) in [5.74, 6) is 0.319. The molecule has 144 valence electrons. The van der Waals surface area contributed by atoms with Crippen molar-refractivity contribution in [2.45, 2.75) is 68.3 Å². The highest BCUT2D eigenvalue weighted by Crippen LogP contribution is 2.32. The molecule has 0 bridgehead atoms. The molecule has 0 radical (unpaired) electrons. The second-order valence-electron chi connectivity index (χ2n) is 6.27. The van der Waals surface area contributed by atoms with E-state index < -0.39 is 74.6 Å². The van der Waals surface area contributed by atoms with E-state index in [4.69, 9.17) is 18.9 Å². The number of fused-ring (bicyclic) bond motifs is 1. The molecule has 0 unspecified atom stereocenters. The van der Waals surface area contributed by atoms with Gasteiger partial charge >= 0.3 is 0 Å². The van der Waals surface area contributed by atoms with E-state index in [1.807, 2.05) is 0 Å². The maximum atomic E-state index is 10.5. The Hall–Kier alpha value is -0.890. The van der Waals surface area contributed by atoms with Gasteiger partial charge in [-0.1, -0.05) is 0 Å². The fourth-order valence-corrected chi connectivity index (χ4v) is 3.20. The molecule has 3 heterocycles. The van der Waals surface area contributed by atoms with Crippen molar-refractivity contribution in [1.82, 2.24) is 0 Å². The Morgan fingerprint density at radius 2 is 1.60 bits per heavy atom. The molecule has 0 spiro atoms. The Kier molecular flexibility index (Phi) is 5.58. The third kappa shape index (κ3) is 3.39. The molecule has 0 aromatic carbocycles. The van der Waals surface area contributed by atoms with Crippen LogP contribution in [0.3, 0.4) is 0 Å². The fraction of sp³-hybridized carbons (Fsp3) is 0.929. The van der Waals surface area contributed by atoms with Crippen LogP contribution in [-0.4, -0.2) is 111 Å². The van der Waals surface area contributed by atoms with Crippen molar-refractivity contribution in [3.63, 3.8) is 0 Å². The van der Waals surface area contributed by atoms with Gasteiger partial charge in [-0.3, -0.25) is 0 Å². The number of aliphatic hydroxyl groups is 6. The Balaban J connectivity index is 1.75. The molecule has 2 saturated heterocycles. The molecule has 25 heavy (non-hydrogen) atoms. The van der Waals surface area contributed by atoms with Gasteiger partial charge < -0.3 is 49.6 Å². The van der Waals surface area contributed by atoms with Gasteiger partial charge in [0, 0.05) is 6.92 Å². The molecule has 0 saturated carbocycles. The lowest BCUT2D eigenvalue weighted by molar-refractivity contribution is -0.341. The molecule has 0 aliphatic carbocycles. The van der Waals surface area contributed by atoms with Crippen molar-refractivity contribution >= 4 is 5.90 Å². The summed E-state index contributed by atoms with van der Waals surface area (Å²) in [6.07, 6.45) is -11.6. The van der Waals surface area contributed by atoms with Gasteiger partial charge in [0.25, 0.3) is 0 Å². The van der Waals surface area contributed by atoms with Crippen LogP contribution in [0.25, 0.3) is 0 Å². The second-order valence-corrected chi connectivity index (χ2v) is 6.27. The first-order valence-corrected chi connectivity index (χ1v) is 7.98. The minimum atomic E-state index is -1.63. The lowest BCUT2D eigenvalue weighted by Crippen LogP contribution is -2.63. The van der Waals surface area contributed by atoms with Crippen molar-refractivity contribution in [2.75, 3.05) is 13.2 Å². The van der Waals surface area contributed by atoms with Crippen LogP contribution < -0.4 is 0 Å². The zero-order valence-electron chi connectivity index (χ0n) is 13.5. The molecule has 3 aliphatic heterocycles. The summed E-state index contributed by atoms with van der Waals surface area (Å²) < 4.78 is 21.6. The van der Waals surface area contributed by atoms with E-state index in [1.165, 1.54) is 0 Å². The Bertz CT molecular complexity index is 502. The van der Waals surface area contributed by atoms with E-state index in [0.29, 0.717) is 5.90 Å². The highest BCUT2D eigenvalue weighted by molar-refractivity contribution is 5.75. The van der Waals surface area contributed by atoms with Crippen LogP contribution in [0, 0.1) is 0 Å². The van der Waals surface area contributed by atoms with E-state index in [2.05, 4.69) is 4.99 Å². The normalized spacial score (nSPS) is 50.1. The predicted octanol–water partition coefficient (Wildman–Crippen LogP) is -3.93. The van der Waals surface area contributed by atoms with Gasteiger partial charge in [-0.15, -0.1) is 0 Å². The molecule has 11 nitrogen and oxygen atoms in total. The number of hydrogen-bond acceptors (Lipinski definition) is 11. The third-order valence-electron chi connectivity index (χ3n) is 4.58. The number of hydrogen-bond donors (Lipinski definition) is 6. The first-order valence-electron chi connectivity index (χ1n) is 7.98. The van der Waals surface area contributed by atoms with Crippen molar-refractivity contribution in [1.29, 1.82) is 0 Å². The summed E-state index contributed by atoms with van der Waals surface area (Å²) in [6, 6.07) is -0.780. The largest absolute Gasteiger partial charge is 0.450 e. The average Bonchev–Trinajstić information content (AvgIpc) is 2.97. The highest BCUT2D eigenvalue weighted by Gasteiger charge is 2.52. The smallest absolute Gasteiger partial charge is 0.227 e. The quantitative estimate of drug-likeness (QED) is 0.289. The van der Waals surface area contributed by atoms with Gasteiger partial charge in [0.1, 0.15) is 48.8 Å². The Morgan fingerprint density at radius 1 is 0.920 bits per heavy atom. The van der Waals surface area contributed by atoms with E-state index in [9.17, 15) is 30.6 Å². The van der Waals surface area contributed by atoms with Gasteiger partial charge in [0.2, 0.25) is 6.29 Å². The zero-order valence-corrected chi connectivity index (χ0v) is 13.5. The fourth-order valence-electron chi connectivity index (χ4n) is 3.20. The van der Waals surface area contributed by atoms with Crippen LogP contribution in [-0.2, 0) is 18.9 Å². The van der Waals surface area contributed by atoms with Gasteiger partial charge in [-0.25, -0.2) is 4.99 Å². The second kappa shape index (κ2) is 7.39. The molecular formula is C14H23NO10. The van der Waals surface area contributed by atoms with E-state index in [-0.39, 0.29) is 0 Å². The van der Waals surface area contributed by atoms with Gasteiger partial charge in [0.15, 0.2) is 12.2 Å². The molecule has 0 aromatic rings. The minimum Gasteiger partial charge on any atom is -0.450 e. The molecular weight excluding hydrogens is 342 g/mol. The lowest BCUT2D eigenvalue weighted by Gasteiger charge is -2.44. The molecule has 0 aromatic heterocycles. The van der Waals surface area contributed by atoms with Crippen LogP contribution >= 0.6 is 0 Å². The van der Waals surface area contributed by atoms with Crippen LogP contribution in [0.15, 0.2) is 4.99 Å². The highest BCUT2D eigenvalue weighted by atomic mass is 16.7. The molecule has 10 atom stereocenters. The van der Waals surface area contributed by atoms with Gasteiger partial charge in [-0.05, 0) is 0 Å². The maximum absolute atomic E-state index is 10.5. The van der Waals surface area contributed by atoms with Gasteiger partial charge in [-0.2, -0.15) is 0 Å². The number of aliphatic imine (C=N–C) groups is 1. The minimum absolute atomic E-state index is 0.319. The van der Waals surface area contributed by atoms with E-state index in [1.54, 1.807) is 6.92 Å². The first-order chi connectivity index (χ1) is 11.9. The maximum Gasteiger partial charge on any atom is 0.227 e. The summed E-state index contributed by atoms with van der Waals surface area (Å²) in [6.45, 7) is 0.473. The van der Waals surface area contributed by atoms with E-state index >= 15 is 0 Å². The van der Waals surface area contributed by atoms with Gasteiger partial charge in [0.05, 0.1) is 13.2 Å². The van der Waals surface area contributed by atoms with Crippen molar-refractivity contribution < 1.29 is 49.6 Å². The summed E-state index contributed by atoms with van der Waals surface area (Å²) in [5, 5.41) is 58.9. The Morgan fingerprint density at radius 3 is 2.24 bits per heavy atom. The zero-order chi connectivity index (χ0) is 18.3. The first kappa shape index (κ1) is 18.9.